The Kier molecular flexibility index (Phi) is 4.61. The zero-order valence-electron chi connectivity index (χ0n) is 14.0. The molecule has 2 N–H and O–H groups in total. The number of hydrazone groups is 1. The molecule has 1 amide bonds. The van der Waals surface area contributed by atoms with Gasteiger partial charge in [0.15, 0.2) is 0 Å². The fourth-order valence-corrected chi connectivity index (χ4v) is 2.58. The minimum Gasteiger partial charge on any atom is -0.295 e. The van der Waals surface area contributed by atoms with E-state index in [-0.39, 0.29) is 11.5 Å². The molecule has 0 bridgehead atoms. The lowest BCUT2D eigenvalue weighted by atomic mass is 10.2. The molecular formula is C19H18N4O2. The number of hydrogen-bond acceptors (Lipinski definition) is 3. The van der Waals surface area contributed by atoms with Crippen LogP contribution < -0.4 is 11.0 Å². The van der Waals surface area contributed by atoms with Crippen molar-refractivity contribution in [3.63, 3.8) is 0 Å². The van der Waals surface area contributed by atoms with Crippen molar-refractivity contribution >= 4 is 11.6 Å². The highest BCUT2D eigenvalue weighted by atomic mass is 16.2. The van der Waals surface area contributed by atoms with Crippen LogP contribution >= 0.6 is 0 Å². The molecule has 25 heavy (non-hydrogen) atoms. The third kappa shape index (κ3) is 3.42. The fraction of sp³-hybridized carbons (Fsp3) is 0.105. The SMILES string of the molecule is C/C(=N\NC(=O)c1ccccc1)c1c(C)[nH]n(-c2ccccc2)c1=O. The maximum absolute atomic E-state index is 12.7. The second kappa shape index (κ2) is 7.00. The predicted octanol–water partition coefficient (Wildman–Crippen LogP) is 2.63. The summed E-state index contributed by atoms with van der Waals surface area (Å²) in [4.78, 5) is 24.8. The summed E-state index contributed by atoms with van der Waals surface area (Å²) in [6.45, 7) is 3.49. The number of amides is 1. The second-order valence-electron chi connectivity index (χ2n) is 5.59. The van der Waals surface area contributed by atoms with Gasteiger partial charge in [0.25, 0.3) is 11.5 Å². The van der Waals surface area contributed by atoms with Crippen LogP contribution in [-0.2, 0) is 0 Å². The fourth-order valence-electron chi connectivity index (χ4n) is 2.58. The first kappa shape index (κ1) is 16.4. The highest BCUT2D eigenvalue weighted by Gasteiger charge is 2.15. The minimum absolute atomic E-state index is 0.209. The molecule has 6 heteroatoms. The third-order valence-electron chi connectivity index (χ3n) is 3.81. The van der Waals surface area contributed by atoms with Gasteiger partial charge in [0.05, 0.1) is 17.0 Å². The van der Waals surface area contributed by atoms with Crippen LogP contribution in [0.2, 0.25) is 0 Å². The molecule has 0 saturated carbocycles. The molecule has 0 aliphatic carbocycles. The first-order chi connectivity index (χ1) is 12.1. The number of carbonyl (C=O) groups is 1. The van der Waals surface area contributed by atoms with E-state index >= 15 is 0 Å². The van der Waals surface area contributed by atoms with Crippen LogP contribution in [0.25, 0.3) is 5.69 Å². The van der Waals surface area contributed by atoms with Crippen molar-refractivity contribution in [1.82, 2.24) is 15.2 Å². The third-order valence-corrected chi connectivity index (χ3v) is 3.81. The summed E-state index contributed by atoms with van der Waals surface area (Å²) in [5, 5.41) is 7.12. The number of para-hydroxylation sites is 1. The number of carbonyl (C=O) groups excluding carboxylic acids is 1. The molecule has 0 aliphatic rings. The summed E-state index contributed by atoms with van der Waals surface area (Å²) in [5.41, 5.74) is 5.09. The molecule has 0 aliphatic heterocycles. The number of nitrogens with zero attached hydrogens (tertiary/aromatic N) is 2. The number of rotatable bonds is 4. The number of aryl methyl sites for hydroxylation is 1. The Balaban J connectivity index is 1.88. The van der Waals surface area contributed by atoms with E-state index in [9.17, 15) is 9.59 Å². The lowest BCUT2D eigenvalue weighted by molar-refractivity contribution is 0.0955. The van der Waals surface area contributed by atoms with Crippen LogP contribution in [0.5, 0.6) is 0 Å². The Morgan fingerprint density at radius 2 is 1.64 bits per heavy atom. The zero-order valence-corrected chi connectivity index (χ0v) is 14.0. The molecule has 1 aromatic heterocycles. The maximum atomic E-state index is 12.7. The monoisotopic (exact) mass is 334 g/mol. The smallest absolute Gasteiger partial charge is 0.280 e. The van der Waals surface area contributed by atoms with Crippen molar-refractivity contribution < 1.29 is 4.79 Å². The van der Waals surface area contributed by atoms with Gasteiger partial charge in [-0.15, -0.1) is 0 Å². The number of hydrogen-bond donors (Lipinski definition) is 2. The van der Waals surface area contributed by atoms with Crippen molar-refractivity contribution in [3.05, 3.63) is 87.8 Å². The van der Waals surface area contributed by atoms with Gasteiger partial charge in [-0.05, 0) is 38.1 Å². The molecule has 6 nitrogen and oxygen atoms in total. The normalized spacial score (nSPS) is 11.4. The molecule has 126 valence electrons. The van der Waals surface area contributed by atoms with E-state index < -0.39 is 0 Å². The van der Waals surface area contributed by atoms with Gasteiger partial charge in [-0.1, -0.05) is 36.4 Å². The Morgan fingerprint density at radius 1 is 1.04 bits per heavy atom. The molecule has 0 fully saturated rings. The van der Waals surface area contributed by atoms with Crippen molar-refractivity contribution in [1.29, 1.82) is 0 Å². The van der Waals surface area contributed by atoms with E-state index in [2.05, 4.69) is 15.6 Å². The standard InChI is InChI=1S/C19H18N4O2/c1-13(20-21-18(24)15-9-5-3-6-10-15)17-14(2)22-23(19(17)25)16-11-7-4-8-12-16/h3-12,22H,1-2H3,(H,21,24)/b20-13+. The number of aromatic amines is 1. The second-order valence-corrected chi connectivity index (χ2v) is 5.59. The number of nitrogens with one attached hydrogen (secondary N) is 2. The number of H-pyrrole nitrogens is 1. The van der Waals surface area contributed by atoms with Gasteiger partial charge in [0, 0.05) is 11.3 Å². The summed E-state index contributed by atoms with van der Waals surface area (Å²) in [7, 11) is 0. The molecule has 2 aromatic carbocycles. The molecule has 0 spiro atoms. The van der Waals surface area contributed by atoms with Gasteiger partial charge in [0.1, 0.15) is 0 Å². The lowest BCUT2D eigenvalue weighted by Crippen LogP contribution is -2.23. The average Bonchev–Trinajstić information content (AvgIpc) is 2.95. The highest BCUT2D eigenvalue weighted by Crippen LogP contribution is 2.08. The van der Waals surface area contributed by atoms with Crippen LogP contribution in [0.3, 0.4) is 0 Å². The molecule has 3 aromatic rings. The summed E-state index contributed by atoms with van der Waals surface area (Å²) in [6.07, 6.45) is 0. The van der Waals surface area contributed by atoms with Crippen molar-refractivity contribution in [2.24, 2.45) is 5.10 Å². The predicted molar refractivity (Wildman–Crippen MR) is 97.2 cm³/mol. The van der Waals surface area contributed by atoms with Gasteiger partial charge in [-0.3, -0.25) is 14.7 Å². The van der Waals surface area contributed by atoms with Gasteiger partial charge in [-0.2, -0.15) is 5.10 Å². The molecule has 0 atom stereocenters. The Bertz CT molecular complexity index is 970. The van der Waals surface area contributed by atoms with E-state index in [4.69, 9.17) is 0 Å². The van der Waals surface area contributed by atoms with Crippen LogP contribution in [0, 0.1) is 6.92 Å². The van der Waals surface area contributed by atoms with Crippen LogP contribution in [0.1, 0.15) is 28.5 Å². The number of aromatic nitrogens is 2. The van der Waals surface area contributed by atoms with Crippen molar-refractivity contribution in [2.75, 3.05) is 0 Å². The largest absolute Gasteiger partial charge is 0.295 e. The molecule has 1 heterocycles. The molecule has 0 unspecified atom stereocenters. The summed E-state index contributed by atoms with van der Waals surface area (Å²) >= 11 is 0. The zero-order chi connectivity index (χ0) is 17.8. The summed E-state index contributed by atoms with van der Waals surface area (Å²) < 4.78 is 1.46. The van der Waals surface area contributed by atoms with Crippen molar-refractivity contribution in [2.45, 2.75) is 13.8 Å². The maximum Gasteiger partial charge on any atom is 0.280 e. The van der Waals surface area contributed by atoms with Gasteiger partial charge < -0.3 is 0 Å². The van der Waals surface area contributed by atoms with E-state index in [1.807, 2.05) is 36.4 Å². The summed E-state index contributed by atoms with van der Waals surface area (Å²) in [6, 6.07) is 18.1. The molecule has 3 rings (SSSR count). The van der Waals surface area contributed by atoms with E-state index in [0.29, 0.717) is 22.5 Å². The van der Waals surface area contributed by atoms with E-state index in [0.717, 1.165) is 5.69 Å². The van der Waals surface area contributed by atoms with E-state index in [1.165, 1.54) is 4.68 Å². The van der Waals surface area contributed by atoms with Crippen molar-refractivity contribution in [3.8, 4) is 5.69 Å². The van der Waals surface area contributed by atoms with Crippen LogP contribution in [0.4, 0.5) is 0 Å². The average molecular weight is 334 g/mol. The number of benzene rings is 2. The Morgan fingerprint density at radius 3 is 2.28 bits per heavy atom. The van der Waals surface area contributed by atoms with E-state index in [1.54, 1.807) is 38.1 Å². The molecule has 0 radical (unpaired) electrons. The van der Waals surface area contributed by atoms with Crippen LogP contribution in [0.15, 0.2) is 70.6 Å². The molecule has 0 saturated heterocycles. The highest BCUT2D eigenvalue weighted by molar-refractivity contribution is 6.01. The lowest BCUT2D eigenvalue weighted by Gasteiger charge is -2.01. The Labute approximate surface area is 144 Å². The first-order valence-electron chi connectivity index (χ1n) is 7.85. The topological polar surface area (TPSA) is 79.2 Å². The summed E-state index contributed by atoms with van der Waals surface area (Å²) in [5.74, 6) is -0.323. The van der Waals surface area contributed by atoms with Gasteiger partial charge in [0.2, 0.25) is 0 Å². The minimum atomic E-state index is -0.323. The van der Waals surface area contributed by atoms with Gasteiger partial charge >= 0.3 is 0 Å². The van der Waals surface area contributed by atoms with Crippen LogP contribution in [-0.4, -0.2) is 21.4 Å². The Hall–Kier alpha value is -3.41. The first-order valence-corrected chi connectivity index (χ1v) is 7.85. The molecular weight excluding hydrogens is 316 g/mol. The quantitative estimate of drug-likeness (QED) is 0.568. The van der Waals surface area contributed by atoms with Gasteiger partial charge in [-0.25, -0.2) is 10.1 Å².